The van der Waals surface area contributed by atoms with E-state index in [0.29, 0.717) is 22.6 Å². The van der Waals surface area contributed by atoms with Gasteiger partial charge in [-0.25, -0.2) is 0 Å². The van der Waals surface area contributed by atoms with Crippen LogP contribution >= 0.6 is 0 Å². The normalized spacial score (nSPS) is 11.3. The van der Waals surface area contributed by atoms with Crippen LogP contribution in [-0.4, -0.2) is 44.2 Å². The van der Waals surface area contributed by atoms with Gasteiger partial charge in [0.15, 0.2) is 11.5 Å². The van der Waals surface area contributed by atoms with Crippen LogP contribution < -0.4 is 14.8 Å². The van der Waals surface area contributed by atoms with Gasteiger partial charge in [0.05, 0.1) is 38.1 Å². The molecule has 1 unspecified atom stereocenters. The second kappa shape index (κ2) is 10.8. The Kier molecular flexibility index (Phi) is 8.16. The summed E-state index contributed by atoms with van der Waals surface area (Å²) in [7, 11) is 3.00. The molecule has 0 saturated carbocycles. The first-order valence-electron chi connectivity index (χ1n) is 9.28. The van der Waals surface area contributed by atoms with Gasteiger partial charge in [-0.2, -0.15) is 0 Å². The smallest absolute Gasteiger partial charge is 0.315 e. The molecule has 0 fully saturated rings. The maximum Gasteiger partial charge on any atom is 0.315 e. The van der Waals surface area contributed by atoms with E-state index in [9.17, 15) is 19.7 Å². The molecule has 2 aromatic carbocycles. The number of ether oxygens (including phenoxy) is 3. The molecular formula is C21H24N2O7. The van der Waals surface area contributed by atoms with Crippen molar-refractivity contribution in [2.24, 2.45) is 0 Å². The van der Waals surface area contributed by atoms with Crippen LogP contribution in [0, 0.1) is 10.1 Å². The number of hydrogen-bond acceptors (Lipinski definition) is 7. The monoisotopic (exact) mass is 416 g/mol. The van der Waals surface area contributed by atoms with Crippen molar-refractivity contribution in [1.82, 2.24) is 5.32 Å². The van der Waals surface area contributed by atoms with Crippen molar-refractivity contribution in [1.29, 1.82) is 0 Å². The minimum atomic E-state index is -0.751. The van der Waals surface area contributed by atoms with Crippen LogP contribution in [0.2, 0.25) is 0 Å². The third-order valence-electron chi connectivity index (χ3n) is 4.37. The van der Waals surface area contributed by atoms with Crippen molar-refractivity contribution in [3.8, 4) is 11.5 Å². The summed E-state index contributed by atoms with van der Waals surface area (Å²) in [5.74, 6) is -0.643. The number of carbonyl (C=O) groups excluding carboxylic acids is 2. The lowest BCUT2D eigenvalue weighted by Crippen LogP contribution is -2.33. The molecule has 0 heterocycles. The molecule has 9 heteroatoms. The lowest BCUT2D eigenvalue weighted by molar-refractivity contribution is -0.384. The summed E-state index contributed by atoms with van der Waals surface area (Å²) in [4.78, 5) is 35.2. The third kappa shape index (κ3) is 5.94. The molecule has 0 aromatic heterocycles. The van der Waals surface area contributed by atoms with E-state index in [-0.39, 0.29) is 31.2 Å². The number of non-ortho nitro benzene ring substituents is 1. The van der Waals surface area contributed by atoms with Crippen LogP contribution in [0.25, 0.3) is 0 Å². The number of nitrogens with one attached hydrogen (secondary N) is 1. The van der Waals surface area contributed by atoms with E-state index in [2.05, 4.69) is 5.32 Å². The molecule has 0 saturated heterocycles. The number of nitro benzene ring substituents is 1. The lowest BCUT2D eigenvalue weighted by Gasteiger charge is -2.18. The highest BCUT2D eigenvalue weighted by molar-refractivity contribution is 5.82. The fraction of sp³-hybridized carbons (Fsp3) is 0.333. The predicted octanol–water partition coefficient (Wildman–Crippen LogP) is 2.62. The second-order valence-electron chi connectivity index (χ2n) is 6.33. The van der Waals surface area contributed by atoms with Crippen molar-refractivity contribution in [2.45, 2.75) is 19.3 Å². The number of amides is 1. The topological polar surface area (TPSA) is 117 Å². The zero-order chi connectivity index (χ0) is 22.1. The van der Waals surface area contributed by atoms with Gasteiger partial charge in [-0.05, 0) is 30.2 Å². The molecule has 0 bridgehead atoms. The van der Waals surface area contributed by atoms with Crippen molar-refractivity contribution >= 4 is 17.6 Å². The Morgan fingerprint density at radius 2 is 1.83 bits per heavy atom. The first kappa shape index (κ1) is 22.7. The molecule has 160 valence electrons. The number of nitrogens with zero attached hydrogens (tertiary/aromatic N) is 1. The number of methoxy groups -OCH3 is 2. The van der Waals surface area contributed by atoms with Gasteiger partial charge in [0.1, 0.15) is 0 Å². The number of nitro groups is 1. The first-order chi connectivity index (χ1) is 14.4. The number of carbonyl (C=O) groups is 2. The van der Waals surface area contributed by atoms with Gasteiger partial charge in [-0.3, -0.25) is 19.7 Å². The molecule has 0 aliphatic rings. The molecule has 2 aromatic rings. The quantitative estimate of drug-likeness (QED) is 0.359. The summed E-state index contributed by atoms with van der Waals surface area (Å²) in [5, 5.41) is 13.6. The van der Waals surface area contributed by atoms with Gasteiger partial charge in [0.25, 0.3) is 5.69 Å². The Morgan fingerprint density at radius 1 is 1.10 bits per heavy atom. The molecule has 1 amide bonds. The van der Waals surface area contributed by atoms with Gasteiger partial charge in [0.2, 0.25) is 5.91 Å². The van der Waals surface area contributed by atoms with E-state index in [1.54, 1.807) is 31.2 Å². The minimum Gasteiger partial charge on any atom is -0.493 e. The molecule has 0 aliphatic carbocycles. The Bertz CT molecular complexity index is 914. The zero-order valence-electron chi connectivity index (χ0n) is 17.0. The van der Waals surface area contributed by atoms with Crippen LogP contribution in [0.1, 0.15) is 24.0 Å². The summed E-state index contributed by atoms with van der Waals surface area (Å²) in [6.45, 7) is 1.90. The predicted molar refractivity (Wildman–Crippen MR) is 109 cm³/mol. The Balaban J connectivity index is 2.13. The van der Waals surface area contributed by atoms with E-state index in [1.807, 2.05) is 0 Å². The molecule has 1 N–H and O–H groups in total. The summed E-state index contributed by atoms with van der Waals surface area (Å²) in [6, 6.07) is 10.9. The highest BCUT2D eigenvalue weighted by Gasteiger charge is 2.24. The number of hydrogen-bond donors (Lipinski definition) is 1. The van der Waals surface area contributed by atoms with Crippen LogP contribution in [0.5, 0.6) is 11.5 Å². The highest BCUT2D eigenvalue weighted by Crippen LogP contribution is 2.31. The second-order valence-corrected chi connectivity index (χ2v) is 6.33. The summed E-state index contributed by atoms with van der Waals surface area (Å²) >= 11 is 0. The summed E-state index contributed by atoms with van der Waals surface area (Å²) in [6.07, 6.45) is -0.0524. The third-order valence-corrected chi connectivity index (χ3v) is 4.37. The van der Waals surface area contributed by atoms with Crippen LogP contribution in [-0.2, 0) is 20.7 Å². The molecule has 0 spiro atoms. The lowest BCUT2D eigenvalue weighted by atomic mass is 9.98. The largest absolute Gasteiger partial charge is 0.493 e. The SMILES string of the molecule is CCOC(=O)C(CNC(=O)Cc1cccc([N+](=O)[O-])c1)c1ccc(OC)c(OC)c1. The van der Waals surface area contributed by atoms with Gasteiger partial charge in [-0.1, -0.05) is 18.2 Å². The highest BCUT2D eigenvalue weighted by atomic mass is 16.6. The van der Waals surface area contributed by atoms with E-state index in [4.69, 9.17) is 14.2 Å². The van der Waals surface area contributed by atoms with E-state index in [1.165, 1.54) is 32.4 Å². The molecule has 0 radical (unpaired) electrons. The maximum absolute atomic E-state index is 12.5. The number of rotatable bonds is 10. The Labute approximate surface area is 174 Å². The van der Waals surface area contributed by atoms with E-state index < -0.39 is 16.8 Å². The minimum absolute atomic E-state index is 0.00206. The summed E-state index contributed by atoms with van der Waals surface area (Å²) < 4.78 is 15.6. The maximum atomic E-state index is 12.5. The molecule has 30 heavy (non-hydrogen) atoms. The van der Waals surface area contributed by atoms with Gasteiger partial charge < -0.3 is 19.5 Å². The average Bonchev–Trinajstić information content (AvgIpc) is 2.74. The zero-order valence-corrected chi connectivity index (χ0v) is 17.0. The first-order valence-corrected chi connectivity index (χ1v) is 9.28. The summed E-state index contributed by atoms with van der Waals surface area (Å²) in [5.41, 5.74) is 1.01. The molecular weight excluding hydrogens is 392 g/mol. The van der Waals surface area contributed by atoms with E-state index >= 15 is 0 Å². The van der Waals surface area contributed by atoms with Crippen molar-refractivity contribution in [2.75, 3.05) is 27.4 Å². The van der Waals surface area contributed by atoms with Crippen LogP contribution in [0.3, 0.4) is 0 Å². The fourth-order valence-electron chi connectivity index (χ4n) is 2.89. The van der Waals surface area contributed by atoms with Gasteiger partial charge >= 0.3 is 5.97 Å². The molecule has 0 aliphatic heterocycles. The molecule has 9 nitrogen and oxygen atoms in total. The molecule has 2 rings (SSSR count). The Morgan fingerprint density at radius 3 is 2.47 bits per heavy atom. The number of benzene rings is 2. The van der Waals surface area contributed by atoms with Crippen LogP contribution in [0.15, 0.2) is 42.5 Å². The number of esters is 1. The standard InChI is InChI=1S/C21H24N2O7/c1-4-30-21(25)17(15-8-9-18(28-2)19(12-15)29-3)13-22-20(24)11-14-6-5-7-16(10-14)23(26)27/h5-10,12,17H,4,11,13H2,1-3H3,(H,22,24). The van der Waals surface area contributed by atoms with Crippen LogP contribution in [0.4, 0.5) is 5.69 Å². The van der Waals surface area contributed by atoms with Gasteiger partial charge in [-0.15, -0.1) is 0 Å². The van der Waals surface area contributed by atoms with Crippen molar-refractivity contribution in [3.63, 3.8) is 0 Å². The van der Waals surface area contributed by atoms with E-state index in [0.717, 1.165) is 0 Å². The average molecular weight is 416 g/mol. The Hall–Kier alpha value is -3.62. The van der Waals surface area contributed by atoms with Crippen molar-refractivity contribution in [3.05, 3.63) is 63.7 Å². The molecule has 1 atom stereocenters. The van der Waals surface area contributed by atoms with Crippen molar-refractivity contribution < 1.29 is 28.7 Å². The van der Waals surface area contributed by atoms with Gasteiger partial charge in [0, 0.05) is 18.7 Å². The fourth-order valence-corrected chi connectivity index (χ4v) is 2.89.